The highest BCUT2D eigenvalue weighted by atomic mass is 19.4. The highest BCUT2D eigenvalue weighted by Gasteiger charge is 2.31. The standard InChI is InChI=1S/C15H19F3N6O2.C9H7F3O/c1-9(8-25-3)20-13-22-12(19-2)23-14(24-13)21-10-4-6-11(7-5-10)26-15(16,17)18;1-2-7-3-5-8(6-4-7)13-9(10,11)12/h4-7,9H,8H2,1-3H3,(H3,19,20,21,22,23,24);2-6H,1H2. The SMILES string of the molecule is C=Cc1ccc(OC(F)(F)F)cc1.CNc1nc(Nc2ccc(OC(F)(F)F)cc2)nc(NC(C)COC)n1. The van der Waals surface area contributed by atoms with E-state index in [1.807, 2.05) is 6.92 Å². The van der Waals surface area contributed by atoms with Crippen molar-refractivity contribution in [3.05, 3.63) is 60.7 Å². The maximum absolute atomic E-state index is 12.2. The number of nitrogens with one attached hydrogen (secondary N) is 3. The fraction of sp³-hybridized carbons (Fsp3) is 0.292. The number of methoxy groups -OCH3 is 1. The number of anilines is 4. The van der Waals surface area contributed by atoms with Gasteiger partial charge in [-0.25, -0.2) is 0 Å². The lowest BCUT2D eigenvalue weighted by atomic mass is 10.2. The number of alkyl halides is 6. The van der Waals surface area contributed by atoms with Crippen molar-refractivity contribution >= 4 is 29.6 Å². The number of halogens is 6. The van der Waals surface area contributed by atoms with Crippen molar-refractivity contribution < 1.29 is 40.6 Å². The molecule has 3 N–H and O–H groups in total. The highest BCUT2D eigenvalue weighted by molar-refractivity contribution is 5.56. The second-order valence-corrected chi connectivity index (χ2v) is 7.58. The number of ether oxygens (including phenoxy) is 3. The van der Waals surface area contributed by atoms with Gasteiger partial charge in [-0.1, -0.05) is 24.8 Å². The molecule has 1 unspecified atom stereocenters. The van der Waals surface area contributed by atoms with Crippen LogP contribution in [0.3, 0.4) is 0 Å². The summed E-state index contributed by atoms with van der Waals surface area (Å²) in [6, 6.07) is 10.7. The van der Waals surface area contributed by atoms with Crippen molar-refractivity contribution in [3.63, 3.8) is 0 Å². The third-order valence-electron chi connectivity index (χ3n) is 4.34. The molecule has 1 heterocycles. The molecule has 3 aromatic rings. The Hall–Kier alpha value is -4.27. The van der Waals surface area contributed by atoms with Gasteiger partial charge in [0.25, 0.3) is 0 Å². The fourth-order valence-corrected chi connectivity index (χ4v) is 2.79. The number of nitrogens with zero attached hydrogens (tertiary/aromatic N) is 3. The Kier molecular flexibility index (Phi) is 11.1. The predicted molar refractivity (Wildman–Crippen MR) is 134 cm³/mol. The van der Waals surface area contributed by atoms with Crippen LogP contribution in [0, 0.1) is 0 Å². The summed E-state index contributed by atoms with van der Waals surface area (Å²) in [6.07, 6.45) is -7.82. The van der Waals surface area contributed by atoms with Gasteiger partial charge in [0.15, 0.2) is 0 Å². The molecule has 0 radical (unpaired) electrons. The van der Waals surface area contributed by atoms with Gasteiger partial charge in [0.05, 0.1) is 6.61 Å². The van der Waals surface area contributed by atoms with E-state index < -0.39 is 12.7 Å². The predicted octanol–water partition coefficient (Wildman–Crippen LogP) is 6.23. The van der Waals surface area contributed by atoms with Crippen molar-refractivity contribution in [1.82, 2.24) is 15.0 Å². The van der Waals surface area contributed by atoms with Gasteiger partial charge in [0.2, 0.25) is 17.8 Å². The Morgan fingerprint density at radius 1 is 0.821 bits per heavy atom. The molecular weight excluding hydrogens is 534 g/mol. The Morgan fingerprint density at radius 2 is 1.31 bits per heavy atom. The highest BCUT2D eigenvalue weighted by Crippen LogP contribution is 2.25. The van der Waals surface area contributed by atoms with Gasteiger partial charge in [-0.15, -0.1) is 26.3 Å². The smallest absolute Gasteiger partial charge is 0.406 e. The van der Waals surface area contributed by atoms with Crippen LogP contribution in [0.1, 0.15) is 12.5 Å². The molecule has 2 aromatic carbocycles. The van der Waals surface area contributed by atoms with Crippen LogP contribution in [0.2, 0.25) is 0 Å². The summed E-state index contributed by atoms with van der Waals surface area (Å²) in [5, 5.41) is 8.79. The molecule has 0 bridgehead atoms. The van der Waals surface area contributed by atoms with Crippen LogP contribution < -0.4 is 25.4 Å². The molecule has 9 nitrogen and oxygen atoms in total. The van der Waals surface area contributed by atoms with Gasteiger partial charge < -0.3 is 30.2 Å². The lowest BCUT2D eigenvalue weighted by Gasteiger charge is -2.14. The second-order valence-electron chi connectivity index (χ2n) is 7.58. The summed E-state index contributed by atoms with van der Waals surface area (Å²) >= 11 is 0. The van der Waals surface area contributed by atoms with Gasteiger partial charge >= 0.3 is 12.7 Å². The molecule has 0 aliphatic heterocycles. The maximum Gasteiger partial charge on any atom is 0.573 e. The van der Waals surface area contributed by atoms with E-state index in [2.05, 4.69) is 47.0 Å². The minimum absolute atomic E-state index is 0.0289. The lowest BCUT2D eigenvalue weighted by Crippen LogP contribution is -2.23. The van der Waals surface area contributed by atoms with Crippen molar-refractivity contribution in [2.24, 2.45) is 0 Å². The zero-order valence-corrected chi connectivity index (χ0v) is 21.0. The molecule has 3 rings (SSSR count). The molecule has 0 saturated heterocycles. The zero-order chi connectivity index (χ0) is 29.1. The van der Waals surface area contributed by atoms with Crippen molar-refractivity contribution in [2.45, 2.75) is 25.7 Å². The largest absolute Gasteiger partial charge is 0.573 e. The van der Waals surface area contributed by atoms with E-state index in [9.17, 15) is 26.3 Å². The third-order valence-corrected chi connectivity index (χ3v) is 4.34. The average Bonchev–Trinajstić information content (AvgIpc) is 2.84. The molecule has 15 heteroatoms. The fourth-order valence-electron chi connectivity index (χ4n) is 2.79. The number of hydrogen-bond donors (Lipinski definition) is 3. The molecule has 0 amide bonds. The Morgan fingerprint density at radius 3 is 1.77 bits per heavy atom. The summed E-state index contributed by atoms with van der Waals surface area (Å²) in [5.41, 5.74) is 1.23. The third kappa shape index (κ3) is 12.2. The van der Waals surface area contributed by atoms with Crippen molar-refractivity contribution in [2.75, 3.05) is 36.7 Å². The molecule has 0 saturated carbocycles. The molecule has 212 valence electrons. The van der Waals surface area contributed by atoms with Gasteiger partial charge in [-0.3, -0.25) is 0 Å². The number of benzene rings is 2. The van der Waals surface area contributed by atoms with Crippen LogP contribution in [0.15, 0.2) is 55.1 Å². The first kappa shape index (κ1) is 31.0. The van der Waals surface area contributed by atoms with Gasteiger partial charge in [0.1, 0.15) is 11.5 Å². The van der Waals surface area contributed by atoms with Crippen LogP contribution in [0.25, 0.3) is 6.08 Å². The van der Waals surface area contributed by atoms with Crippen LogP contribution in [-0.4, -0.2) is 54.5 Å². The molecule has 39 heavy (non-hydrogen) atoms. The summed E-state index contributed by atoms with van der Waals surface area (Å²) in [5.74, 6) is 0.337. The summed E-state index contributed by atoms with van der Waals surface area (Å²) in [4.78, 5) is 12.6. The van der Waals surface area contributed by atoms with Crippen molar-refractivity contribution in [1.29, 1.82) is 0 Å². The quantitative estimate of drug-likeness (QED) is 0.249. The molecular formula is C24H26F6N6O3. The van der Waals surface area contributed by atoms with E-state index >= 15 is 0 Å². The topological polar surface area (TPSA) is 102 Å². The van der Waals surface area contributed by atoms with Gasteiger partial charge in [-0.2, -0.15) is 15.0 Å². The summed E-state index contributed by atoms with van der Waals surface area (Å²) < 4.78 is 84.2. The summed E-state index contributed by atoms with van der Waals surface area (Å²) in [7, 11) is 3.24. The van der Waals surface area contributed by atoms with Crippen LogP contribution >= 0.6 is 0 Å². The van der Waals surface area contributed by atoms with Gasteiger partial charge in [0, 0.05) is 25.9 Å². The number of hydrogen-bond acceptors (Lipinski definition) is 9. The number of rotatable bonds is 10. The first-order valence-corrected chi connectivity index (χ1v) is 11.1. The first-order chi connectivity index (χ1) is 18.3. The van der Waals surface area contributed by atoms with E-state index in [1.54, 1.807) is 14.2 Å². The minimum atomic E-state index is -4.73. The van der Waals surface area contributed by atoms with E-state index in [-0.39, 0.29) is 23.5 Å². The molecule has 0 aliphatic carbocycles. The van der Waals surface area contributed by atoms with E-state index in [1.165, 1.54) is 54.6 Å². The van der Waals surface area contributed by atoms with Gasteiger partial charge in [-0.05, 0) is 48.9 Å². The van der Waals surface area contributed by atoms with Crippen LogP contribution in [0.5, 0.6) is 11.5 Å². The normalized spacial score (nSPS) is 11.9. The second kappa shape index (κ2) is 14.0. The van der Waals surface area contributed by atoms with Crippen molar-refractivity contribution in [3.8, 4) is 11.5 Å². The van der Waals surface area contributed by atoms with Crippen LogP contribution in [0.4, 0.5) is 49.9 Å². The monoisotopic (exact) mass is 560 g/mol. The Labute approximate surface area is 220 Å². The summed E-state index contributed by atoms with van der Waals surface area (Å²) in [6.45, 7) is 5.84. The molecule has 0 fully saturated rings. The zero-order valence-electron chi connectivity index (χ0n) is 21.0. The van der Waals surface area contributed by atoms with E-state index in [4.69, 9.17) is 4.74 Å². The lowest BCUT2D eigenvalue weighted by molar-refractivity contribution is -0.275. The minimum Gasteiger partial charge on any atom is -0.406 e. The molecule has 0 spiro atoms. The Balaban J connectivity index is 0.000000344. The number of aromatic nitrogens is 3. The Bertz CT molecular complexity index is 1170. The molecule has 1 atom stereocenters. The van der Waals surface area contributed by atoms with Crippen LogP contribution in [-0.2, 0) is 4.74 Å². The van der Waals surface area contributed by atoms with E-state index in [0.29, 0.717) is 24.2 Å². The van der Waals surface area contributed by atoms with E-state index in [0.717, 1.165) is 5.56 Å². The molecule has 1 aromatic heterocycles. The molecule has 0 aliphatic rings. The maximum atomic E-state index is 12.2. The first-order valence-electron chi connectivity index (χ1n) is 11.1. The average molecular weight is 560 g/mol.